The second-order valence-corrected chi connectivity index (χ2v) is 6.41. The first-order chi connectivity index (χ1) is 13.7. The Hall–Kier alpha value is -4.12. The Morgan fingerprint density at radius 2 is 2.04 bits per heavy atom. The number of H-pyrrole nitrogens is 1. The minimum atomic E-state index is -0.542. The third-order valence-electron chi connectivity index (χ3n) is 4.80. The summed E-state index contributed by atoms with van der Waals surface area (Å²) in [6, 6.07) is 14.4. The van der Waals surface area contributed by atoms with Crippen LogP contribution in [0.15, 0.2) is 53.9 Å². The van der Waals surface area contributed by atoms with Crippen molar-refractivity contribution < 1.29 is 19.3 Å². The molecule has 0 saturated heterocycles. The lowest BCUT2D eigenvalue weighted by atomic mass is 9.83. The monoisotopic (exact) mass is 374 g/mol. The van der Waals surface area contributed by atoms with Gasteiger partial charge < -0.3 is 25.1 Å². The van der Waals surface area contributed by atoms with Gasteiger partial charge in [-0.25, -0.2) is 0 Å². The summed E-state index contributed by atoms with van der Waals surface area (Å²) in [5, 5.41) is 26.9. The van der Waals surface area contributed by atoms with Crippen LogP contribution in [0.4, 0.5) is 0 Å². The van der Waals surface area contributed by atoms with E-state index < -0.39 is 5.92 Å². The normalized spacial score (nSPS) is 17.0. The molecule has 1 unspecified atom stereocenters. The molecule has 0 fully saturated rings. The number of phenolic OH excluding ortho intramolecular Hbond substituents is 1. The number of aromatic hydroxyl groups is 1. The molecule has 8 heteroatoms. The van der Waals surface area contributed by atoms with Gasteiger partial charge >= 0.3 is 0 Å². The standard InChI is InChI=1S/C20H14N4O4/c21-8-13-16(10-2-1-3-12(25)6-10)17-18(23-24-20(17)28-19(13)22)11-4-5-14-15(7-11)27-9-26-14/h1-7,16,25H,9,22H2,(H,23,24). The van der Waals surface area contributed by atoms with E-state index in [1.54, 1.807) is 18.2 Å². The van der Waals surface area contributed by atoms with Gasteiger partial charge in [-0.15, -0.1) is 5.10 Å². The molecule has 5 rings (SSSR count). The van der Waals surface area contributed by atoms with E-state index in [0.717, 1.165) is 5.56 Å². The highest BCUT2D eigenvalue weighted by Crippen LogP contribution is 2.47. The van der Waals surface area contributed by atoms with Gasteiger partial charge in [-0.2, -0.15) is 5.26 Å². The summed E-state index contributed by atoms with van der Waals surface area (Å²) in [6.07, 6.45) is 0. The Kier molecular flexibility index (Phi) is 3.42. The third kappa shape index (κ3) is 2.34. The summed E-state index contributed by atoms with van der Waals surface area (Å²) in [4.78, 5) is 0. The van der Waals surface area contributed by atoms with Crippen molar-refractivity contribution >= 4 is 0 Å². The molecule has 0 bridgehead atoms. The van der Waals surface area contributed by atoms with E-state index in [-0.39, 0.29) is 29.9 Å². The minimum Gasteiger partial charge on any atom is -0.508 e. The molecule has 2 aromatic carbocycles. The van der Waals surface area contributed by atoms with E-state index in [1.165, 1.54) is 0 Å². The Morgan fingerprint density at radius 3 is 2.86 bits per heavy atom. The SMILES string of the molecule is N#CC1=C(N)Oc2n[nH]c(-c3ccc4c(c3)OCO4)c2C1c1cccc(O)c1. The fourth-order valence-corrected chi connectivity index (χ4v) is 3.55. The molecule has 2 aliphatic rings. The summed E-state index contributed by atoms with van der Waals surface area (Å²) in [5.41, 5.74) is 9.05. The van der Waals surface area contributed by atoms with Crippen molar-refractivity contribution in [1.29, 1.82) is 5.26 Å². The van der Waals surface area contributed by atoms with Crippen LogP contribution in [0.3, 0.4) is 0 Å². The largest absolute Gasteiger partial charge is 0.508 e. The fourth-order valence-electron chi connectivity index (χ4n) is 3.55. The second-order valence-electron chi connectivity index (χ2n) is 6.41. The maximum absolute atomic E-state index is 9.94. The van der Waals surface area contributed by atoms with Crippen LogP contribution in [0.5, 0.6) is 23.1 Å². The zero-order chi connectivity index (χ0) is 19.3. The van der Waals surface area contributed by atoms with Crippen molar-refractivity contribution in [3.63, 3.8) is 0 Å². The molecule has 28 heavy (non-hydrogen) atoms. The molecule has 3 heterocycles. The highest BCUT2D eigenvalue weighted by molar-refractivity contribution is 5.73. The predicted molar refractivity (Wildman–Crippen MR) is 97.6 cm³/mol. The molecular formula is C20H14N4O4. The molecule has 8 nitrogen and oxygen atoms in total. The van der Waals surface area contributed by atoms with Crippen LogP contribution in [0, 0.1) is 11.3 Å². The number of nitriles is 1. The highest BCUT2D eigenvalue weighted by atomic mass is 16.7. The Balaban J connectivity index is 1.71. The van der Waals surface area contributed by atoms with Gasteiger partial charge in [0.2, 0.25) is 18.6 Å². The molecule has 1 aromatic heterocycles. The van der Waals surface area contributed by atoms with E-state index in [0.29, 0.717) is 28.3 Å². The van der Waals surface area contributed by atoms with Crippen molar-refractivity contribution in [3.05, 3.63) is 65.0 Å². The summed E-state index contributed by atoms with van der Waals surface area (Å²) < 4.78 is 16.4. The van der Waals surface area contributed by atoms with Gasteiger partial charge in [-0.3, -0.25) is 5.10 Å². The van der Waals surface area contributed by atoms with Crippen molar-refractivity contribution in [2.45, 2.75) is 5.92 Å². The maximum Gasteiger partial charge on any atom is 0.244 e. The van der Waals surface area contributed by atoms with Crippen LogP contribution in [0.25, 0.3) is 11.3 Å². The van der Waals surface area contributed by atoms with Gasteiger partial charge in [0.25, 0.3) is 0 Å². The average Bonchev–Trinajstić information content (AvgIpc) is 3.32. The molecule has 2 aliphatic heterocycles. The van der Waals surface area contributed by atoms with Gasteiger partial charge in [0.15, 0.2) is 11.5 Å². The van der Waals surface area contributed by atoms with E-state index in [2.05, 4.69) is 16.3 Å². The van der Waals surface area contributed by atoms with E-state index in [4.69, 9.17) is 19.9 Å². The molecule has 4 N–H and O–H groups in total. The number of fused-ring (bicyclic) bond motifs is 2. The lowest BCUT2D eigenvalue weighted by Crippen LogP contribution is -2.20. The van der Waals surface area contributed by atoms with Crippen molar-refractivity contribution in [3.8, 4) is 40.5 Å². The predicted octanol–water partition coefficient (Wildman–Crippen LogP) is 2.73. The fraction of sp³-hybridized carbons (Fsp3) is 0.100. The number of allylic oxidation sites excluding steroid dienone is 1. The number of aromatic nitrogens is 2. The van der Waals surface area contributed by atoms with Crippen LogP contribution in [-0.4, -0.2) is 22.1 Å². The number of phenols is 1. The van der Waals surface area contributed by atoms with Crippen LogP contribution < -0.4 is 19.9 Å². The molecule has 138 valence electrons. The number of nitrogens with two attached hydrogens (primary N) is 1. The van der Waals surface area contributed by atoms with Gasteiger partial charge in [-0.1, -0.05) is 12.1 Å². The Bertz CT molecular complexity index is 1180. The van der Waals surface area contributed by atoms with E-state index in [9.17, 15) is 10.4 Å². The number of aromatic amines is 1. The Labute approximate surface area is 159 Å². The topological polar surface area (TPSA) is 126 Å². The number of hydrogen-bond acceptors (Lipinski definition) is 7. The molecule has 1 atom stereocenters. The van der Waals surface area contributed by atoms with Crippen LogP contribution in [0.2, 0.25) is 0 Å². The summed E-state index contributed by atoms with van der Waals surface area (Å²) >= 11 is 0. The molecule has 0 aliphatic carbocycles. The molecule has 3 aromatic rings. The van der Waals surface area contributed by atoms with Crippen LogP contribution >= 0.6 is 0 Å². The summed E-state index contributed by atoms with van der Waals surface area (Å²) in [5.74, 6) is 1.13. The Morgan fingerprint density at radius 1 is 1.18 bits per heavy atom. The quantitative estimate of drug-likeness (QED) is 0.629. The van der Waals surface area contributed by atoms with Crippen molar-refractivity contribution in [2.75, 3.05) is 6.79 Å². The smallest absolute Gasteiger partial charge is 0.244 e. The number of benzene rings is 2. The van der Waals surface area contributed by atoms with Gasteiger partial charge in [0.05, 0.1) is 17.2 Å². The number of ether oxygens (including phenoxy) is 3. The number of rotatable bonds is 2. The highest BCUT2D eigenvalue weighted by Gasteiger charge is 2.36. The lowest BCUT2D eigenvalue weighted by Gasteiger charge is -2.24. The zero-order valence-corrected chi connectivity index (χ0v) is 14.5. The second kappa shape index (κ2) is 5.96. The van der Waals surface area contributed by atoms with Crippen molar-refractivity contribution in [1.82, 2.24) is 10.2 Å². The van der Waals surface area contributed by atoms with Crippen LogP contribution in [0.1, 0.15) is 17.0 Å². The van der Waals surface area contributed by atoms with Gasteiger partial charge in [0.1, 0.15) is 17.4 Å². The lowest BCUT2D eigenvalue weighted by molar-refractivity contribution is 0.174. The summed E-state index contributed by atoms with van der Waals surface area (Å²) in [7, 11) is 0. The maximum atomic E-state index is 9.94. The van der Waals surface area contributed by atoms with Gasteiger partial charge in [-0.05, 0) is 35.9 Å². The minimum absolute atomic E-state index is 0.00733. The first-order valence-corrected chi connectivity index (χ1v) is 8.50. The zero-order valence-electron chi connectivity index (χ0n) is 14.5. The molecule has 0 spiro atoms. The van der Waals surface area contributed by atoms with Crippen molar-refractivity contribution in [2.24, 2.45) is 5.73 Å². The van der Waals surface area contributed by atoms with Gasteiger partial charge in [0, 0.05) is 5.56 Å². The first kappa shape index (κ1) is 16.1. The number of nitrogens with one attached hydrogen (secondary N) is 1. The molecule has 0 saturated carbocycles. The molecule has 0 radical (unpaired) electrons. The third-order valence-corrected chi connectivity index (χ3v) is 4.80. The number of hydrogen-bond donors (Lipinski definition) is 3. The molecule has 0 amide bonds. The average molecular weight is 374 g/mol. The first-order valence-electron chi connectivity index (χ1n) is 8.50. The molecular weight excluding hydrogens is 360 g/mol. The van der Waals surface area contributed by atoms with Crippen LogP contribution in [-0.2, 0) is 0 Å². The number of nitrogens with zero attached hydrogens (tertiary/aromatic N) is 2. The summed E-state index contributed by atoms with van der Waals surface area (Å²) in [6.45, 7) is 0.173. The van der Waals surface area contributed by atoms with E-state index >= 15 is 0 Å². The van der Waals surface area contributed by atoms with E-state index in [1.807, 2.05) is 24.3 Å².